The van der Waals surface area contributed by atoms with Crippen LogP contribution < -0.4 is 0 Å². The van der Waals surface area contributed by atoms with Crippen molar-refractivity contribution in [3.8, 4) is 0 Å². The molecule has 2 unspecified atom stereocenters. The maximum Gasteiger partial charge on any atom is 0.134 e. The Hall–Kier alpha value is -1.08. The number of rotatable bonds is 4. The van der Waals surface area contributed by atoms with Gasteiger partial charge < -0.3 is 30.6 Å². The Balaban J connectivity index is 0. The van der Waals surface area contributed by atoms with Crippen molar-refractivity contribution in [1.82, 2.24) is 0 Å². The largest absolute Gasteiger partial charge is 0.510 e. The zero-order chi connectivity index (χ0) is 14.9. The highest BCUT2D eigenvalue weighted by Crippen LogP contribution is 2.03. The molecule has 0 aliphatic heterocycles. The summed E-state index contributed by atoms with van der Waals surface area (Å²) in [4.78, 5) is 0. The molecule has 0 radical (unpaired) electrons. The summed E-state index contributed by atoms with van der Waals surface area (Å²) in [6, 6.07) is 0. The zero-order valence-corrected chi connectivity index (χ0v) is 11.3. The van der Waals surface area contributed by atoms with Gasteiger partial charge in [0.05, 0.1) is 13.2 Å². The molecule has 18 heavy (non-hydrogen) atoms. The third-order valence-corrected chi connectivity index (χ3v) is 2.00. The maximum atomic E-state index is 8.86. The first-order valence-electron chi connectivity index (χ1n) is 5.49. The minimum atomic E-state index is -1.12. The average molecular weight is 264 g/mol. The van der Waals surface area contributed by atoms with E-state index in [-0.39, 0.29) is 11.5 Å². The first-order chi connectivity index (χ1) is 8.18. The minimum absolute atomic E-state index is 0.141. The van der Waals surface area contributed by atoms with Crippen molar-refractivity contribution in [3.63, 3.8) is 0 Å². The quantitative estimate of drug-likeness (QED) is 0.408. The van der Waals surface area contributed by atoms with Crippen LogP contribution in [0.3, 0.4) is 0 Å². The van der Waals surface area contributed by atoms with Gasteiger partial charge in [0.1, 0.15) is 23.7 Å². The molecule has 0 heterocycles. The topological polar surface area (TPSA) is 121 Å². The van der Waals surface area contributed by atoms with Crippen LogP contribution in [0.25, 0.3) is 0 Å². The van der Waals surface area contributed by atoms with Crippen molar-refractivity contribution in [1.29, 1.82) is 0 Å². The summed E-state index contributed by atoms with van der Waals surface area (Å²) < 4.78 is 0. The van der Waals surface area contributed by atoms with Crippen LogP contribution in [0.2, 0.25) is 0 Å². The van der Waals surface area contributed by atoms with E-state index in [1.807, 2.05) is 0 Å². The highest BCUT2D eigenvalue weighted by molar-refractivity contribution is 5.06. The van der Waals surface area contributed by atoms with Gasteiger partial charge in [0.15, 0.2) is 0 Å². The molecule has 6 nitrogen and oxygen atoms in total. The molecule has 0 amide bonds. The van der Waals surface area contributed by atoms with Gasteiger partial charge in [-0.3, -0.25) is 0 Å². The third kappa shape index (κ3) is 8.08. The first kappa shape index (κ1) is 19.3. The summed E-state index contributed by atoms with van der Waals surface area (Å²) >= 11 is 0. The van der Waals surface area contributed by atoms with Gasteiger partial charge in [0.2, 0.25) is 0 Å². The lowest BCUT2D eigenvalue weighted by molar-refractivity contribution is 0.0855. The molecule has 6 N–H and O–H groups in total. The van der Waals surface area contributed by atoms with Crippen molar-refractivity contribution in [2.24, 2.45) is 0 Å². The smallest absolute Gasteiger partial charge is 0.134 e. The van der Waals surface area contributed by atoms with Gasteiger partial charge in [-0.05, 0) is 38.8 Å². The lowest BCUT2D eigenvalue weighted by Crippen LogP contribution is -2.15. The molecular formula is C12H24O6. The van der Waals surface area contributed by atoms with Crippen molar-refractivity contribution in [2.45, 2.75) is 39.9 Å². The van der Waals surface area contributed by atoms with E-state index >= 15 is 0 Å². The molecule has 0 aliphatic carbocycles. The Morgan fingerprint density at radius 1 is 0.722 bits per heavy atom. The Labute approximate surface area is 107 Å². The van der Waals surface area contributed by atoms with Crippen molar-refractivity contribution >= 4 is 0 Å². The Morgan fingerprint density at radius 2 is 0.944 bits per heavy atom. The molecule has 0 rings (SSSR count). The summed E-state index contributed by atoms with van der Waals surface area (Å²) in [5.41, 5.74) is 1.24. The number of aliphatic hydroxyl groups is 6. The Morgan fingerprint density at radius 3 is 1.00 bits per heavy atom. The van der Waals surface area contributed by atoms with Gasteiger partial charge in [-0.2, -0.15) is 0 Å². The molecule has 0 saturated heterocycles. The summed E-state index contributed by atoms with van der Waals surface area (Å²) in [6.45, 7) is 5.78. The average Bonchev–Trinajstić information content (AvgIpc) is 2.35. The minimum Gasteiger partial charge on any atom is -0.510 e. The van der Waals surface area contributed by atoms with E-state index in [2.05, 4.69) is 0 Å². The second kappa shape index (κ2) is 9.90. The fourth-order valence-corrected chi connectivity index (χ4v) is 0.839. The Bertz CT molecular complexity index is 257. The van der Waals surface area contributed by atoms with E-state index < -0.39 is 25.4 Å². The van der Waals surface area contributed by atoms with Gasteiger partial charge in [-0.25, -0.2) is 0 Å². The third-order valence-electron chi connectivity index (χ3n) is 2.00. The molecule has 108 valence electrons. The zero-order valence-electron chi connectivity index (χ0n) is 11.3. The lowest BCUT2D eigenvalue weighted by Gasteiger charge is -2.06. The highest BCUT2D eigenvalue weighted by Gasteiger charge is 2.08. The van der Waals surface area contributed by atoms with Crippen LogP contribution in [0, 0.1) is 0 Å². The molecule has 0 spiro atoms. The number of hydrogen-bond donors (Lipinski definition) is 6. The molecule has 0 aromatic carbocycles. The van der Waals surface area contributed by atoms with Crippen LogP contribution in [0.15, 0.2) is 22.7 Å². The van der Waals surface area contributed by atoms with Crippen LogP contribution in [0.4, 0.5) is 0 Å². The standard InChI is InChI=1S/2C6H12O3/c2*1-4(2)6(9)5(8)3-7/h2*5,7-9H,3H2,1-2H3. The van der Waals surface area contributed by atoms with Crippen molar-refractivity contribution in [2.75, 3.05) is 13.2 Å². The van der Waals surface area contributed by atoms with Gasteiger partial charge >= 0.3 is 0 Å². The second-order valence-electron chi connectivity index (χ2n) is 4.17. The monoisotopic (exact) mass is 264 g/mol. The van der Waals surface area contributed by atoms with Crippen LogP contribution >= 0.6 is 0 Å². The molecule has 2 atom stereocenters. The van der Waals surface area contributed by atoms with Gasteiger partial charge in [-0.15, -0.1) is 0 Å². The number of aliphatic hydroxyl groups excluding tert-OH is 6. The van der Waals surface area contributed by atoms with Gasteiger partial charge in [0.25, 0.3) is 0 Å². The Kier molecular flexibility index (Phi) is 10.6. The second-order valence-corrected chi connectivity index (χ2v) is 4.17. The molecule has 0 fully saturated rings. The van der Waals surface area contributed by atoms with Crippen LogP contribution in [0.1, 0.15) is 27.7 Å². The molecule has 0 aromatic heterocycles. The molecular weight excluding hydrogens is 240 g/mol. The highest BCUT2D eigenvalue weighted by atomic mass is 16.4. The van der Waals surface area contributed by atoms with Crippen molar-refractivity contribution < 1.29 is 30.6 Å². The SMILES string of the molecule is CC(C)=C(O)C(O)CO.CC(C)=C(O)C(O)CO. The van der Waals surface area contributed by atoms with E-state index in [1.165, 1.54) is 0 Å². The molecule has 0 aromatic rings. The van der Waals surface area contributed by atoms with Gasteiger partial charge in [0, 0.05) is 0 Å². The fourth-order valence-electron chi connectivity index (χ4n) is 0.839. The summed E-state index contributed by atoms with van der Waals surface area (Å²) in [7, 11) is 0. The lowest BCUT2D eigenvalue weighted by atomic mass is 10.2. The van der Waals surface area contributed by atoms with Crippen LogP contribution in [-0.2, 0) is 0 Å². The molecule has 0 aliphatic rings. The van der Waals surface area contributed by atoms with Crippen LogP contribution in [-0.4, -0.2) is 56.1 Å². The maximum absolute atomic E-state index is 8.86. The molecule has 0 bridgehead atoms. The number of hydrogen-bond acceptors (Lipinski definition) is 6. The van der Waals surface area contributed by atoms with E-state index in [0.29, 0.717) is 11.1 Å². The summed E-state index contributed by atoms with van der Waals surface area (Å²) in [5, 5.41) is 51.8. The predicted octanol–water partition coefficient (Wildman–Crippen LogP) is 0.383. The van der Waals surface area contributed by atoms with E-state index in [1.54, 1.807) is 27.7 Å². The van der Waals surface area contributed by atoms with E-state index in [0.717, 1.165) is 0 Å². The van der Waals surface area contributed by atoms with Crippen LogP contribution in [0.5, 0.6) is 0 Å². The fraction of sp³-hybridized carbons (Fsp3) is 0.667. The molecule has 0 saturated carbocycles. The van der Waals surface area contributed by atoms with E-state index in [9.17, 15) is 0 Å². The molecule has 6 heteroatoms. The summed E-state index contributed by atoms with van der Waals surface area (Å²) in [5.74, 6) is -0.282. The number of allylic oxidation sites excluding steroid dienone is 2. The summed E-state index contributed by atoms with van der Waals surface area (Å²) in [6.07, 6.45) is -2.23. The normalized spacial score (nSPS) is 12.9. The van der Waals surface area contributed by atoms with Gasteiger partial charge in [-0.1, -0.05) is 0 Å². The van der Waals surface area contributed by atoms with E-state index in [4.69, 9.17) is 30.6 Å². The predicted molar refractivity (Wildman–Crippen MR) is 68.2 cm³/mol. The first-order valence-corrected chi connectivity index (χ1v) is 5.49. The van der Waals surface area contributed by atoms with Crippen molar-refractivity contribution in [3.05, 3.63) is 22.7 Å².